The number of para-hydroxylation sites is 2. The third-order valence-corrected chi connectivity index (χ3v) is 4.78. The molecule has 0 bridgehead atoms. The third-order valence-electron chi connectivity index (χ3n) is 4.78. The molecule has 2 saturated heterocycles. The zero-order valence-corrected chi connectivity index (χ0v) is 14.7. The molecule has 11 nitrogen and oxygen atoms in total. The first-order valence-corrected chi connectivity index (χ1v) is 8.65. The molecule has 0 saturated carbocycles. The Balaban J connectivity index is 1.63. The average Bonchev–Trinajstić information content (AvgIpc) is 2.98. The molecular weight excluding hydrogens is 380 g/mol. The van der Waals surface area contributed by atoms with Crippen molar-refractivity contribution in [2.24, 2.45) is 0 Å². The number of rotatable bonds is 6. The number of aliphatic hydroxyl groups is 6. The van der Waals surface area contributed by atoms with Crippen LogP contribution >= 0.6 is 0 Å². The highest BCUT2D eigenvalue weighted by molar-refractivity contribution is 5.38. The zero-order valence-electron chi connectivity index (χ0n) is 14.7. The Labute approximate surface area is 159 Å². The van der Waals surface area contributed by atoms with E-state index in [1.165, 1.54) is 12.1 Å². The molecule has 28 heavy (non-hydrogen) atoms. The minimum absolute atomic E-state index is 0.00244. The van der Waals surface area contributed by atoms with Gasteiger partial charge in [0.05, 0.1) is 19.8 Å². The van der Waals surface area contributed by atoms with Gasteiger partial charge in [-0.25, -0.2) is 0 Å². The Bertz CT molecular complexity index is 658. The lowest BCUT2D eigenvalue weighted by Gasteiger charge is -2.40. The molecular formula is C17H24O11. The second kappa shape index (κ2) is 8.45. The number of hydrogen-bond acceptors (Lipinski definition) is 11. The van der Waals surface area contributed by atoms with Crippen LogP contribution < -0.4 is 4.74 Å². The fourth-order valence-electron chi connectivity index (χ4n) is 2.96. The number of hydrogen-bond donors (Lipinski definition) is 7. The van der Waals surface area contributed by atoms with E-state index in [9.17, 15) is 30.6 Å². The van der Waals surface area contributed by atoms with Crippen molar-refractivity contribution in [3.8, 4) is 11.5 Å². The van der Waals surface area contributed by atoms with E-state index in [0.717, 1.165) is 0 Å². The average molecular weight is 404 g/mol. The molecule has 2 aliphatic heterocycles. The zero-order chi connectivity index (χ0) is 20.5. The third kappa shape index (κ3) is 4.08. The first-order valence-electron chi connectivity index (χ1n) is 8.65. The number of phenolic OH excluding ortho intramolecular Hbond substituents is 1. The van der Waals surface area contributed by atoms with Crippen molar-refractivity contribution in [1.82, 2.24) is 0 Å². The second-order valence-electron chi connectivity index (χ2n) is 6.82. The summed E-state index contributed by atoms with van der Waals surface area (Å²) in [4.78, 5) is 0. The van der Waals surface area contributed by atoms with Crippen LogP contribution in [0.3, 0.4) is 0 Å². The number of aliphatic hydroxyl groups excluding tert-OH is 5. The van der Waals surface area contributed by atoms with Crippen LogP contribution in [0.25, 0.3) is 0 Å². The molecule has 2 heterocycles. The summed E-state index contributed by atoms with van der Waals surface area (Å²) in [5.41, 5.74) is -1.87. The van der Waals surface area contributed by atoms with E-state index in [-0.39, 0.29) is 18.1 Å². The van der Waals surface area contributed by atoms with Crippen LogP contribution in [-0.2, 0) is 14.2 Å². The largest absolute Gasteiger partial charge is 0.504 e. The number of aromatic hydroxyl groups is 1. The molecule has 0 aliphatic carbocycles. The first-order chi connectivity index (χ1) is 13.3. The predicted molar refractivity (Wildman–Crippen MR) is 89.2 cm³/mol. The maximum atomic E-state index is 10.1. The Morgan fingerprint density at radius 2 is 1.75 bits per heavy atom. The highest BCUT2D eigenvalue weighted by atomic mass is 16.7. The van der Waals surface area contributed by atoms with Crippen molar-refractivity contribution in [3.63, 3.8) is 0 Å². The molecule has 0 aromatic heterocycles. The highest BCUT2D eigenvalue weighted by Crippen LogP contribution is 2.31. The van der Waals surface area contributed by atoms with Gasteiger partial charge in [-0.15, -0.1) is 0 Å². The van der Waals surface area contributed by atoms with Crippen LogP contribution in [0.5, 0.6) is 11.5 Å². The molecule has 3 rings (SSSR count). The fraction of sp³-hybridized carbons (Fsp3) is 0.647. The maximum absolute atomic E-state index is 10.1. The minimum atomic E-state index is -1.87. The van der Waals surface area contributed by atoms with Crippen molar-refractivity contribution in [2.45, 2.75) is 48.7 Å². The van der Waals surface area contributed by atoms with E-state index in [4.69, 9.17) is 24.1 Å². The highest BCUT2D eigenvalue weighted by Gasteiger charge is 2.50. The van der Waals surface area contributed by atoms with Gasteiger partial charge in [0.15, 0.2) is 17.8 Å². The lowest BCUT2D eigenvalue weighted by molar-refractivity contribution is -0.289. The van der Waals surface area contributed by atoms with E-state index in [1.807, 2.05) is 0 Å². The number of ether oxygens (including phenoxy) is 4. The van der Waals surface area contributed by atoms with E-state index in [1.54, 1.807) is 12.1 Å². The van der Waals surface area contributed by atoms with Crippen molar-refractivity contribution in [2.75, 3.05) is 19.8 Å². The van der Waals surface area contributed by atoms with Crippen LogP contribution in [0.15, 0.2) is 24.3 Å². The Morgan fingerprint density at radius 3 is 2.39 bits per heavy atom. The van der Waals surface area contributed by atoms with E-state index in [0.29, 0.717) is 0 Å². The van der Waals surface area contributed by atoms with Gasteiger partial charge in [0, 0.05) is 0 Å². The smallest absolute Gasteiger partial charge is 0.229 e. The summed E-state index contributed by atoms with van der Waals surface area (Å²) >= 11 is 0. The van der Waals surface area contributed by atoms with Gasteiger partial charge in [0.1, 0.15) is 36.1 Å². The number of phenols is 1. The number of benzene rings is 1. The van der Waals surface area contributed by atoms with Crippen LogP contribution in [0.4, 0.5) is 0 Å². The summed E-state index contributed by atoms with van der Waals surface area (Å²) in [6, 6.07) is 5.93. The molecule has 0 amide bonds. The first kappa shape index (κ1) is 21.2. The molecule has 1 aromatic carbocycles. The molecule has 158 valence electrons. The van der Waals surface area contributed by atoms with E-state index < -0.39 is 61.9 Å². The fourth-order valence-corrected chi connectivity index (χ4v) is 2.96. The standard InChI is InChI=1S/C17H24O11/c18-6-17(24)7-26-16(14(17)23)25-5-10-11(20)12(21)13(22)15(28-10)27-9-4-2-1-3-8(9)19/h1-4,10-16,18-24H,5-7H2/t10-,11-,12+,13-,14+,15-,16-,17-/m1/s1. The molecule has 7 N–H and O–H groups in total. The maximum Gasteiger partial charge on any atom is 0.229 e. The van der Waals surface area contributed by atoms with Crippen LogP contribution in [0.1, 0.15) is 0 Å². The van der Waals surface area contributed by atoms with Gasteiger partial charge in [-0.1, -0.05) is 12.1 Å². The van der Waals surface area contributed by atoms with Gasteiger partial charge in [-0.05, 0) is 12.1 Å². The summed E-state index contributed by atoms with van der Waals surface area (Å²) in [5, 5.41) is 69.1. The molecule has 8 atom stereocenters. The second-order valence-corrected chi connectivity index (χ2v) is 6.82. The predicted octanol–water partition coefficient (Wildman–Crippen LogP) is -2.96. The van der Waals surface area contributed by atoms with Gasteiger partial charge in [0.25, 0.3) is 0 Å². The normalized spacial score (nSPS) is 41.1. The van der Waals surface area contributed by atoms with Gasteiger partial charge in [0.2, 0.25) is 6.29 Å². The van der Waals surface area contributed by atoms with Gasteiger partial charge < -0.3 is 54.7 Å². The molecule has 0 unspecified atom stereocenters. The summed E-state index contributed by atoms with van der Waals surface area (Å²) in [6.07, 6.45) is -10.2. The Morgan fingerprint density at radius 1 is 1.04 bits per heavy atom. The van der Waals surface area contributed by atoms with E-state index >= 15 is 0 Å². The van der Waals surface area contributed by atoms with Crippen LogP contribution in [0.2, 0.25) is 0 Å². The lowest BCUT2D eigenvalue weighted by Crippen LogP contribution is -2.60. The lowest BCUT2D eigenvalue weighted by atomic mass is 9.99. The van der Waals surface area contributed by atoms with Crippen molar-refractivity contribution in [3.05, 3.63) is 24.3 Å². The molecule has 2 aliphatic rings. The summed E-state index contributed by atoms with van der Waals surface area (Å²) < 4.78 is 21.2. The minimum Gasteiger partial charge on any atom is -0.504 e. The monoisotopic (exact) mass is 404 g/mol. The molecule has 2 fully saturated rings. The van der Waals surface area contributed by atoms with Gasteiger partial charge in [-0.3, -0.25) is 0 Å². The quantitative estimate of drug-likeness (QED) is 0.257. The summed E-state index contributed by atoms with van der Waals surface area (Å²) in [7, 11) is 0. The van der Waals surface area contributed by atoms with Gasteiger partial charge in [-0.2, -0.15) is 0 Å². The Kier molecular flexibility index (Phi) is 6.39. The van der Waals surface area contributed by atoms with Gasteiger partial charge >= 0.3 is 0 Å². The summed E-state index contributed by atoms with van der Waals surface area (Å²) in [6.45, 7) is -1.49. The van der Waals surface area contributed by atoms with Crippen LogP contribution in [-0.4, -0.2) is 104 Å². The van der Waals surface area contributed by atoms with Crippen molar-refractivity contribution >= 4 is 0 Å². The SMILES string of the molecule is OC[C@@]1(O)CO[C@@H](OC[C@H]2O[C@@H](Oc3ccccc3O)[C@H](O)[C@@H](O)[C@@H]2O)[C@@H]1O. The molecule has 11 heteroatoms. The van der Waals surface area contributed by atoms with E-state index in [2.05, 4.69) is 0 Å². The Hall–Kier alpha value is -1.54. The molecule has 0 radical (unpaired) electrons. The summed E-state index contributed by atoms with van der Waals surface area (Å²) in [5.74, 6) is -0.213. The van der Waals surface area contributed by atoms with Crippen molar-refractivity contribution in [1.29, 1.82) is 0 Å². The van der Waals surface area contributed by atoms with Crippen LogP contribution in [0, 0.1) is 0 Å². The van der Waals surface area contributed by atoms with Crippen molar-refractivity contribution < 1.29 is 54.7 Å². The topological polar surface area (TPSA) is 179 Å². The molecule has 0 spiro atoms. The molecule has 1 aromatic rings.